The van der Waals surface area contributed by atoms with Gasteiger partial charge in [0.15, 0.2) is 0 Å². The normalized spacial score (nSPS) is 27.8. The molecule has 1 saturated heterocycles. The molecular weight excluding hydrogens is 196 g/mol. The van der Waals surface area contributed by atoms with Gasteiger partial charge in [0.1, 0.15) is 0 Å². The highest BCUT2D eigenvalue weighted by Crippen LogP contribution is 2.23. The van der Waals surface area contributed by atoms with Crippen LogP contribution in [0.25, 0.3) is 0 Å². The molecule has 86 valence electrons. The van der Waals surface area contributed by atoms with Gasteiger partial charge in [-0.2, -0.15) is 0 Å². The Morgan fingerprint density at radius 3 is 2.53 bits per heavy atom. The number of likely N-dealkylation sites (tertiary alicyclic amines) is 1. The van der Waals surface area contributed by atoms with Gasteiger partial charge in [-0.1, -0.05) is 13.8 Å². The van der Waals surface area contributed by atoms with Crippen molar-refractivity contribution in [2.75, 3.05) is 13.1 Å². The largest absolute Gasteiger partial charge is 0.481 e. The number of amides is 1. The van der Waals surface area contributed by atoms with Crippen LogP contribution in [0.3, 0.4) is 0 Å². The van der Waals surface area contributed by atoms with Crippen LogP contribution in [-0.4, -0.2) is 41.0 Å². The van der Waals surface area contributed by atoms with Gasteiger partial charge in [-0.15, -0.1) is 0 Å². The summed E-state index contributed by atoms with van der Waals surface area (Å²) in [7, 11) is 0. The van der Waals surface area contributed by atoms with E-state index in [1.807, 2.05) is 13.8 Å². The molecule has 1 rings (SSSR count). The molecule has 1 amide bonds. The van der Waals surface area contributed by atoms with Crippen LogP contribution in [0.2, 0.25) is 0 Å². The van der Waals surface area contributed by atoms with Crippen molar-refractivity contribution in [3.63, 3.8) is 0 Å². The zero-order chi connectivity index (χ0) is 11.6. The summed E-state index contributed by atoms with van der Waals surface area (Å²) in [6, 6.07) is -0.496. The topological polar surface area (TPSA) is 83.6 Å². The molecule has 15 heavy (non-hydrogen) atoms. The number of rotatable bonds is 3. The lowest BCUT2D eigenvalue weighted by molar-refractivity contribution is -0.142. The van der Waals surface area contributed by atoms with Gasteiger partial charge in [0.05, 0.1) is 12.0 Å². The smallest absolute Gasteiger partial charge is 0.308 e. The quantitative estimate of drug-likeness (QED) is 0.687. The van der Waals surface area contributed by atoms with Gasteiger partial charge in [-0.3, -0.25) is 9.59 Å². The van der Waals surface area contributed by atoms with Crippen LogP contribution < -0.4 is 5.73 Å². The third kappa shape index (κ3) is 2.47. The second-order valence-electron chi connectivity index (χ2n) is 4.18. The van der Waals surface area contributed by atoms with Crippen molar-refractivity contribution in [3.05, 3.63) is 0 Å². The van der Waals surface area contributed by atoms with Gasteiger partial charge in [-0.25, -0.2) is 0 Å². The van der Waals surface area contributed by atoms with Gasteiger partial charge < -0.3 is 15.7 Å². The second kappa shape index (κ2) is 4.61. The number of nitrogens with two attached hydrogens (primary N) is 1. The maximum atomic E-state index is 11.7. The summed E-state index contributed by atoms with van der Waals surface area (Å²) < 4.78 is 0. The molecular formula is C10H18N2O3. The summed E-state index contributed by atoms with van der Waals surface area (Å²) in [5.74, 6) is -1.40. The van der Waals surface area contributed by atoms with E-state index in [1.54, 1.807) is 4.90 Å². The first kappa shape index (κ1) is 12.0. The number of carboxylic acid groups (broad SMARTS) is 1. The molecule has 0 aromatic heterocycles. The number of aliphatic carboxylic acids is 1. The molecule has 0 aromatic carbocycles. The summed E-state index contributed by atoms with van der Waals surface area (Å²) in [5.41, 5.74) is 5.62. The minimum atomic E-state index is -0.831. The average Bonchev–Trinajstić information content (AvgIpc) is 2.58. The summed E-state index contributed by atoms with van der Waals surface area (Å²) in [6.45, 7) is 4.49. The fourth-order valence-electron chi connectivity index (χ4n) is 1.88. The first-order valence-corrected chi connectivity index (χ1v) is 5.24. The molecule has 5 nitrogen and oxygen atoms in total. The van der Waals surface area contributed by atoms with Gasteiger partial charge in [-0.05, 0) is 12.3 Å². The molecule has 0 saturated carbocycles. The standard InChI is InChI=1S/C10H18N2O3/c1-3-8(11)9(13)12-4-6(2)7(5-12)10(14)15/h6-8H,3-5,11H2,1-2H3,(H,14,15). The molecule has 0 spiro atoms. The maximum Gasteiger partial charge on any atom is 0.308 e. The summed E-state index contributed by atoms with van der Waals surface area (Å²) in [4.78, 5) is 24.1. The Bertz CT molecular complexity index is 267. The first-order chi connectivity index (χ1) is 6.97. The zero-order valence-electron chi connectivity index (χ0n) is 9.14. The SMILES string of the molecule is CCC(N)C(=O)N1CC(C)C(C(=O)O)C1. The van der Waals surface area contributed by atoms with Crippen LogP contribution in [0.5, 0.6) is 0 Å². The van der Waals surface area contributed by atoms with E-state index < -0.39 is 17.9 Å². The third-order valence-electron chi connectivity index (χ3n) is 3.00. The second-order valence-corrected chi connectivity index (χ2v) is 4.18. The highest BCUT2D eigenvalue weighted by molar-refractivity contribution is 5.83. The molecule has 5 heteroatoms. The molecule has 0 aromatic rings. The van der Waals surface area contributed by atoms with Crippen molar-refractivity contribution in [1.82, 2.24) is 4.90 Å². The van der Waals surface area contributed by atoms with Crippen LogP contribution >= 0.6 is 0 Å². The summed E-state index contributed by atoms with van der Waals surface area (Å²) >= 11 is 0. The Morgan fingerprint density at radius 2 is 2.13 bits per heavy atom. The summed E-state index contributed by atoms with van der Waals surface area (Å²) in [6.07, 6.45) is 0.585. The van der Waals surface area contributed by atoms with Gasteiger partial charge in [0, 0.05) is 13.1 Å². The molecule has 0 aliphatic carbocycles. The number of nitrogens with zero attached hydrogens (tertiary/aromatic N) is 1. The van der Waals surface area contributed by atoms with E-state index >= 15 is 0 Å². The Balaban J connectivity index is 2.62. The van der Waals surface area contributed by atoms with E-state index in [-0.39, 0.29) is 11.8 Å². The van der Waals surface area contributed by atoms with Crippen LogP contribution in [0.1, 0.15) is 20.3 Å². The maximum absolute atomic E-state index is 11.7. The molecule has 1 heterocycles. The van der Waals surface area contributed by atoms with Gasteiger partial charge >= 0.3 is 5.97 Å². The van der Waals surface area contributed by atoms with Gasteiger partial charge in [0.25, 0.3) is 0 Å². The summed E-state index contributed by atoms with van der Waals surface area (Å²) in [5, 5.41) is 8.91. The lowest BCUT2D eigenvalue weighted by Gasteiger charge is -2.19. The van der Waals surface area contributed by atoms with Crippen molar-refractivity contribution in [2.24, 2.45) is 17.6 Å². The Morgan fingerprint density at radius 1 is 1.53 bits per heavy atom. The fraction of sp³-hybridized carbons (Fsp3) is 0.800. The highest BCUT2D eigenvalue weighted by atomic mass is 16.4. The van der Waals surface area contributed by atoms with E-state index in [1.165, 1.54) is 0 Å². The van der Waals surface area contributed by atoms with E-state index in [2.05, 4.69) is 0 Å². The molecule has 1 aliphatic heterocycles. The van der Waals surface area contributed by atoms with Crippen LogP contribution in [0.15, 0.2) is 0 Å². The number of carboxylic acids is 1. The van der Waals surface area contributed by atoms with Crippen LogP contribution in [0, 0.1) is 11.8 Å². The van der Waals surface area contributed by atoms with Crippen LogP contribution in [-0.2, 0) is 9.59 Å². The molecule has 0 radical (unpaired) electrons. The Hall–Kier alpha value is -1.10. The molecule has 0 bridgehead atoms. The number of hydrogen-bond donors (Lipinski definition) is 2. The van der Waals surface area contributed by atoms with Crippen LogP contribution in [0.4, 0.5) is 0 Å². The first-order valence-electron chi connectivity index (χ1n) is 5.24. The van der Waals surface area contributed by atoms with Crippen molar-refractivity contribution < 1.29 is 14.7 Å². The number of hydrogen-bond acceptors (Lipinski definition) is 3. The fourth-order valence-corrected chi connectivity index (χ4v) is 1.88. The monoisotopic (exact) mass is 214 g/mol. The molecule has 1 aliphatic rings. The third-order valence-corrected chi connectivity index (χ3v) is 3.00. The van der Waals surface area contributed by atoms with Crippen molar-refractivity contribution in [1.29, 1.82) is 0 Å². The minimum absolute atomic E-state index is 0.00973. The number of carbonyl (C=O) groups excluding carboxylic acids is 1. The molecule has 1 fully saturated rings. The van der Waals surface area contributed by atoms with E-state index in [0.29, 0.717) is 19.5 Å². The average molecular weight is 214 g/mol. The van der Waals surface area contributed by atoms with E-state index in [4.69, 9.17) is 10.8 Å². The Kier molecular flexibility index (Phi) is 3.68. The van der Waals surface area contributed by atoms with E-state index in [9.17, 15) is 9.59 Å². The predicted molar refractivity (Wildman–Crippen MR) is 55.1 cm³/mol. The van der Waals surface area contributed by atoms with Crippen molar-refractivity contribution in [2.45, 2.75) is 26.3 Å². The lowest BCUT2D eigenvalue weighted by Crippen LogP contribution is -2.42. The molecule has 3 N–H and O–H groups in total. The van der Waals surface area contributed by atoms with Crippen molar-refractivity contribution in [3.8, 4) is 0 Å². The zero-order valence-corrected chi connectivity index (χ0v) is 9.14. The minimum Gasteiger partial charge on any atom is -0.481 e. The van der Waals surface area contributed by atoms with Crippen molar-refractivity contribution >= 4 is 11.9 Å². The highest BCUT2D eigenvalue weighted by Gasteiger charge is 2.37. The predicted octanol–water partition coefficient (Wildman–Crippen LogP) is -0.0972. The molecule has 3 unspecified atom stereocenters. The Labute approximate surface area is 89.2 Å². The van der Waals surface area contributed by atoms with E-state index in [0.717, 1.165) is 0 Å². The molecule has 3 atom stereocenters. The lowest BCUT2D eigenvalue weighted by atomic mass is 9.99. The van der Waals surface area contributed by atoms with Gasteiger partial charge in [0.2, 0.25) is 5.91 Å². The number of carbonyl (C=O) groups is 2.